The van der Waals surface area contributed by atoms with Crippen LogP contribution in [-0.2, 0) is 28.2 Å². The van der Waals surface area contributed by atoms with Crippen LogP contribution in [0.2, 0.25) is 0 Å². The number of hydrogen-bond donors (Lipinski definition) is 1. The van der Waals surface area contributed by atoms with Gasteiger partial charge in [0.25, 0.3) is 0 Å². The van der Waals surface area contributed by atoms with E-state index >= 15 is 0 Å². The van der Waals surface area contributed by atoms with E-state index < -0.39 is 33.3 Å². The van der Waals surface area contributed by atoms with Crippen molar-refractivity contribution in [3.05, 3.63) is 0 Å². The quantitative estimate of drug-likeness (QED) is 0.0551. The standard InChI is InChI=1S/C15H31O8P.C6H4OS.2Na.6H2/c1-2-3-4-5-6-7-8-9-10-15(17)23-14(11-21-13-16)12-22-24(18,19)20;1-3-4-5-8-6(2)7;;;;;;;;/h14,16H,2-13H2,1H3,(H2,18,19,20);1H,2H3;;;6*1H/q;;2*+1;;;;;;/p-2/t14-;;;;;;;;;/m0........./s1. The maximum Gasteiger partial charge on any atom is 1.00 e. The van der Waals surface area contributed by atoms with Crippen LogP contribution < -0.4 is 68.9 Å². The number of thioether (sulfide) groups is 1. The predicted molar refractivity (Wildman–Crippen MR) is 131 cm³/mol. The van der Waals surface area contributed by atoms with E-state index in [0.717, 1.165) is 31.0 Å². The monoisotopic (exact) mass is 550 g/mol. The number of unbranched alkanes of at least 4 members (excludes halogenated alkanes) is 7. The Balaban J connectivity index is -0.0000000621. The second-order valence-electron chi connectivity index (χ2n) is 6.54. The van der Waals surface area contributed by atoms with Crippen LogP contribution in [0.3, 0.4) is 0 Å². The van der Waals surface area contributed by atoms with Gasteiger partial charge in [0.15, 0.2) is 5.12 Å². The van der Waals surface area contributed by atoms with Gasteiger partial charge in [-0.15, -0.1) is 6.42 Å². The molecule has 0 amide bonds. The van der Waals surface area contributed by atoms with Crippen molar-refractivity contribution in [3.8, 4) is 23.5 Å². The summed E-state index contributed by atoms with van der Waals surface area (Å²) in [6, 6.07) is 0. The number of aliphatic hydroxyl groups excluding tert-OH is 1. The molecule has 0 unspecified atom stereocenters. The van der Waals surface area contributed by atoms with Crippen LogP contribution in [0.1, 0.15) is 80.2 Å². The predicted octanol–water partition coefficient (Wildman–Crippen LogP) is -2.42. The molecule has 0 heterocycles. The zero-order valence-electron chi connectivity index (χ0n) is 20.7. The first-order valence-corrected chi connectivity index (χ1v) is 12.6. The van der Waals surface area contributed by atoms with Gasteiger partial charge in [-0.25, -0.2) is 0 Å². The van der Waals surface area contributed by atoms with Crippen molar-refractivity contribution in [2.75, 3.05) is 20.0 Å². The largest absolute Gasteiger partial charge is 1.00 e. The maximum atomic E-state index is 11.7. The number of ether oxygens (including phenoxy) is 2. The average Bonchev–Trinajstić information content (AvgIpc) is 2.72. The van der Waals surface area contributed by atoms with Crippen molar-refractivity contribution in [2.45, 2.75) is 77.7 Å². The molecule has 0 radical (unpaired) electrons. The van der Waals surface area contributed by atoms with E-state index in [9.17, 15) is 23.9 Å². The Morgan fingerprint density at radius 3 is 2.12 bits per heavy atom. The number of phosphoric acid groups is 1. The van der Waals surface area contributed by atoms with Crippen molar-refractivity contribution in [3.63, 3.8) is 0 Å². The molecular formula is C21H45Na2O9PS. The van der Waals surface area contributed by atoms with Gasteiger partial charge in [-0.05, 0) is 23.5 Å². The first-order valence-electron chi connectivity index (χ1n) is 10.3. The van der Waals surface area contributed by atoms with Crippen molar-refractivity contribution in [1.82, 2.24) is 0 Å². The van der Waals surface area contributed by atoms with Gasteiger partial charge in [-0.2, -0.15) is 0 Å². The Bertz CT molecular complexity index is 681. The van der Waals surface area contributed by atoms with E-state index in [2.05, 4.69) is 33.3 Å². The molecule has 1 atom stereocenters. The Morgan fingerprint density at radius 1 is 1.09 bits per heavy atom. The second kappa shape index (κ2) is 29.9. The van der Waals surface area contributed by atoms with Gasteiger partial charge >= 0.3 is 65.1 Å². The third-order valence-electron chi connectivity index (χ3n) is 3.66. The van der Waals surface area contributed by atoms with Gasteiger partial charge in [0.05, 0.1) is 21.0 Å². The number of esters is 1. The zero-order chi connectivity index (χ0) is 24.7. The summed E-state index contributed by atoms with van der Waals surface area (Å²) < 4.78 is 24.2. The van der Waals surface area contributed by atoms with Gasteiger partial charge < -0.3 is 33.5 Å². The van der Waals surface area contributed by atoms with Gasteiger partial charge in [0.2, 0.25) is 0 Å². The molecule has 0 aliphatic carbocycles. The molecule has 0 bridgehead atoms. The summed E-state index contributed by atoms with van der Waals surface area (Å²) in [5.41, 5.74) is 0. The minimum absolute atomic E-state index is 0. The Morgan fingerprint density at radius 2 is 1.65 bits per heavy atom. The summed E-state index contributed by atoms with van der Waals surface area (Å²) in [4.78, 5) is 42.7. The third-order valence-corrected chi connectivity index (χ3v) is 4.62. The van der Waals surface area contributed by atoms with Crippen LogP contribution in [0, 0.1) is 23.5 Å². The molecule has 0 aliphatic heterocycles. The molecular weight excluding hydrogens is 505 g/mol. The van der Waals surface area contributed by atoms with Gasteiger partial charge in [-0.3, -0.25) is 9.59 Å². The third kappa shape index (κ3) is 37.2. The molecule has 1 N–H and O–H groups in total. The van der Waals surface area contributed by atoms with Crippen molar-refractivity contribution >= 4 is 30.7 Å². The number of aliphatic hydroxyl groups is 1. The van der Waals surface area contributed by atoms with E-state index in [1.165, 1.54) is 32.6 Å². The molecule has 0 saturated carbocycles. The molecule has 0 aromatic rings. The summed E-state index contributed by atoms with van der Waals surface area (Å²) in [7, 11) is -5.15. The summed E-state index contributed by atoms with van der Waals surface area (Å²) in [5, 5.41) is 11.0. The van der Waals surface area contributed by atoms with E-state index in [1.807, 2.05) is 0 Å². The van der Waals surface area contributed by atoms with Crippen LogP contribution in [0.4, 0.5) is 0 Å². The SMILES string of the molecule is C#CC#CSC(C)=O.CCCCCCCCCCC(=O)O[C@@H](COCO)COP(=O)([O-])[O-].[HH].[HH].[HH].[HH].[HH].[HH].[Na+].[Na+]. The molecule has 9 nitrogen and oxygen atoms in total. The number of phosphoric ester groups is 1. The van der Waals surface area contributed by atoms with Crippen molar-refractivity contribution in [2.24, 2.45) is 0 Å². The molecule has 0 spiro atoms. The van der Waals surface area contributed by atoms with E-state index in [0.29, 0.717) is 6.42 Å². The maximum absolute atomic E-state index is 11.7. The molecule has 13 heteroatoms. The van der Waals surface area contributed by atoms with Gasteiger partial charge in [-0.1, -0.05) is 51.9 Å². The number of hydrogen-bond acceptors (Lipinski definition) is 10. The van der Waals surface area contributed by atoms with Crippen LogP contribution in [0.25, 0.3) is 0 Å². The molecule has 0 aliphatic rings. The first-order chi connectivity index (χ1) is 15.2. The van der Waals surface area contributed by atoms with Crippen LogP contribution in [0.15, 0.2) is 0 Å². The molecule has 0 saturated heterocycles. The molecule has 0 aromatic carbocycles. The topological polar surface area (TPSA) is 145 Å². The number of rotatable bonds is 16. The molecule has 0 rings (SSSR count). The van der Waals surface area contributed by atoms with Crippen molar-refractivity contribution in [1.29, 1.82) is 0 Å². The van der Waals surface area contributed by atoms with Gasteiger partial charge in [0, 0.05) is 33.7 Å². The normalized spacial score (nSPS) is 10.6. The van der Waals surface area contributed by atoms with Crippen molar-refractivity contribution < 1.29 is 111 Å². The first kappa shape index (κ1) is 41.8. The molecule has 34 heavy (non-hydrogen) atoms. The van der Waals surface area contributed by atoms with Gasteiger partial charge in [0.1, 0.15) is 12.9 Å². The van der Waals surface area contributed by atoms with Crippen LogP contribution in [0.5, 0.6) is 0 Å². The van der Waals surface area contributed by atoms with Crippen LogP contribution >= 0.6 is 19.6 Å². The minimum atomic E-state index is -5.15. The summed E-state index contributed by atoms with van der Waals surface area (Å²) in [5.74, 6) is 3.88. The molecule has 196 valence electrons. The van der Waals surface area contributed by atoms with E-state index in [-0.39, 0.29) is 85.8 Å². The molecule has 0 fully saturated rings. The fraction of sp³-hybridized carbons (Fsp3) is 0.714. The second-order valence-corrected chi connectivity index (χ2v) is 8.68. The summed E-state index contributed by atoms with van der Waals surface area (Å²) in [6.45, 7) is 2.13. The summed E-state index contributed by atoms with van der Waals surface area (Å²) >= 11 is 0.913. The number of terminal acetylenes is 1. The number of carbonyl (C=O) groups excluding carboxylic acids is 2. The Labute approximate surface area is 260 Å². The Hall–Kier alpha value is 0.640. The fourth-order valence-corrected chi connectivity index (χ4v) is 2.85. The fourth-order valence-electron chi connectivity index (χ4n) is 2.25. The van der Waals surface area contributed by atoms with E-state index in [1.54, 1.807) is 0 Å². The molecule has 0 aromatic heterocycles. The smallest absolute Gasteiger partial charge is 0.790 e. The Kier molecular flexibility index (Phi) is 36.7. The summed E-state index contributed by atoms with van der Waals surface area (Å²) in [6.07, 6.45) is 12.7. The minimum Gasteiger partial charge on any atom is -0.790 e. The van der Waals surface area contributed by atoms with Crippen LogP contribution in [-0.4, -0.2) is 42.3 Å². The number of carbonyl (C=O) groups is 2. The average molecular weight is 551 g/mol. The zero-order valence-corrected chi connectivity index (χ0v) is 26.4. The van der Waals surface area contributed by atoms with E-state index in [4.69, 9.17) is 16.3 Å².